The van der Waals surface area contributed by atoms with E-state index >= 15 is 0 Å². The number of esters is 1. The molecule has 1 rings (SSSR count). The number of hydrogen-bond donors (Lipinski definition) is 2. The maximum absolute atomic E-state index is 12.8. The van der Waals surface area contributed by atoms with Crippen molar-refractivity contribution >= 4 is 17.8 Å². The Balaban J connectivity index is 3.10. The number of likely N-dealkylation sites (tertiary alicyclic amines) is 1. The molecule has 3 atom stereocenters. The van der Waals surface area contributed by atoms with Crippen LogP contribution in [0.3, 0.4) is 0 Å². The number of carbonyl (C=O) groups is 3. The van der Waals surface area contributed by atoms with E-state index in [1.807, 2.05) is 0 Å². The molecule has 1 aliphatic heterocycles. The third kappa shape index (κ3) is 4.92. The number of aliphatic hydroxyl groups excluding tert-OH is 1. The summed E-state index contributed by atoms with van der Waals surface area (Å²) in [7, 11) is 0. The molecule has 0 aromatic rings. The molecule has 7 nitrogen and oxygen atoms in total. The fraction of sp³-hybridized carbons (Fsp3) is 0.812. The number of carboxylic acid groups (broad SMARTS) is 1. The van der Waals surface area contributed by atoms with Gasteiger partial charge < -0.3 is 19.8 Å². The molecule has 1 heterocycles. The summed E-state index contributed by atoms with van der Waals surface area (Å²) < 4.78 is 5.33. The van der Waals surface area contributed by atoms with Gasteiger partial charge in [0.15, 0.2) is 0 Å². The van der Waals surface area contributed by atoms with Gasteiger partial charge in [-0.3, -0.25) is 9.59 Å². The first-order valence-electron chi connectivity index (χ1n) is 7.68. The van der Waals surface area contributed by atoms with Gasteiger partial charge in [0.2, 0.25) is 5.91 Å². The van der Waals surface area contributed by atoms with E-state index in [4.69, 9.17) is 4.74 Å². The molecule has 0 aromatic heterocycles. The highest BCUT2D eigenvalue weighted by atomic mass is 16.6. The molecule has 0 aliphatic carbocycles. The minimum absolute atomic E-state index is 0.0355. The Kier molecular flexibility index (Phi) is 5.46. The average molecular weight is 329 g/mol. The van der Waals surface area contributed by atoms with Gasteiger partial charge in [-0.2, -0.15) is 0 Å². The summed E-state index contributed by atoms with van der Waals surface area (Å²) in [6.07, 6.45) is -0.939. The number of amides is 1. The van der Waals surface area contributed by atoms with Crippen LogP contribution in [0.5, 0.6) is 0 Å². The molecule has 2 N–H and O–H groups in total. The Bertz CT molecular complexity index is 488. The van der Waals surface area contributed by atoms with Crippen molar-refractivity contribution in [2.24, 2.45) is 11.3 Å². The average Bonchev–Trinajstić information content (AvgIpc) is 2.66. The Hall–Kier alpha value is -1.63. The van der Waals surface area contributed by atoms with Crippen LogP contribution in [0.4, 0.5) is 0 Å². The van der Waals surface area contributed by atoms with Gasteiger partial charge in [-0.25, -0.2) is 4.79 Å². The summed E-state index contributed by atoms with van der Waals surface area (Å²) in [6.45, 7) is 10.2. The molecule has 1 amide bonds. The Labute approximate surface area is 136 Å². The van der Waals surface area contributed by atoms with E-state index in [0.717, 1.165) is 4.90 Å². The molecule has 0 bridgehead atoms. The fourth-order valence-electron chi connectivity index (χ4n) is 2.64. The number of rotatable bonds is 3. The highest BCUT2D eigenvalue weighted by Gasteiger charge is 2.48. The van der Waals surface area contributed by atoms with Crippen LogP contribution < -0.4 is 0 Å². The minimum atomic E-state index is -1.19. The van der Waals surface area contributed by atoms with Crippen molar-refractivity contribution < 1.29 is 29.3 Å². The van der Waals surface area contributed by atoms with Crippen molar-refractivity contribution in [2.45, 2.75) is 65.7 Å². The molecule has 0 saturated carbocycles. The largest absolute Gasteiger partial charge is 0.480 e. The number of nitrogens with zero attached hydrogens (tertiary/aromatic N) is 1. The molecule has 7 heteroatoms. The number of aliphatic hydroxyl groups is 1. The van der Waals surface area contributed by atoms with E-state index in [2.05, 4.69) is 0 Å². The van der Waals surface area contributed by atoms with Crippen molar-refractivity contribution in [1.29, 1.82) is 0 Å². The number of carboxylic acids is 1. The molecule has 0 unspecified atom stereocenters. The van der Waals surface area contributed by atoms with E-state index in [0.29, 0.717) is 0 Å². The Morgan fingerprint density at radius 2 is 1.65 bits per heavy atom. The van der Waals surface area contributed by atoms with E-state index in [9.17, 15) is 24.6 Å². The number of aliphatic carboxylic acids is 1. The Morgan fingerprint density at radius 1 is 1.13 bits per heavy atom. The normalized spacial score (nSPS) is 23.5. The lowest BCUT2D eigenvalue weighted by Crippen LogP contribution is -2.50. The maximum Gasteiger partial charge on any atom is 0.326 e. The monoisotopic (exact) mass is 329 g/mol. The maximum atomic E-state index is 12.8. The quantitative estimate of drug-likeness (QED) is 0.592. The van der Waals surface area contributed by atoms with E-state index in [1.54, 1.807) is 41.5 Å². The SMILES string of the molecule is CC(C)(C)OC(=O)[C@H](C(=O)N1C[C@H](O)C[C@H]1C(=O)O)C(C)(C)C. The minimum Gasteiger partial charge on any atom is -0.480 e. The molecule has 132 valence electrons. The lowest BCUT2D eigenvalue weighted by molar-refractivity contribution is -0.171. The summed E-state index contributed by atoms with van der Waals surface area (Å²) >= 11 is 0. The summed E-state index contributed by atoms with van der Waals surface area (Å²) in [6, 6.07) is -1.12. The van der Waals surface area contributed by atoms with Crippen LogP contribution in [0.25, 0.3) is 0 Å². The predicted octanol–water partition coefficient (Wildman–Crippen LogP) is 1.04. The van der Waals surface area contributed by atoms with Gasteiger partial charge in [0.25, 0.3) is 0 Å². The number of β-amino-alcohol motifs (C(OH)–C–C–N with tert-alkyl or cyclic N) is 1. The highest BCUT2D eigenvalue weighted by Crippen LogP contribution is 2.32. The second-order valence-electron chi connectivity index (χ2n) is 8.07. The van der Waals surface area contributed by atoms with Gasteiger partial charge in [0, 0.05) is 13.0 Å². The second kappa shape index (κ2) is 6.47. The zero-order valence-corrected chi connectivity index (χ0v) is 14.6. The smallest absolute Gasteiger partial charge is 0.326 e. The first-order chi connectivity index (χ1) is 10.2. The summed E-state index contributed by atoms with van der Waals surface area (Å²) in [5, 5.41) is 18.9. The standard InChI is InChI=1S/C16H27NO6/c1-15(2,3)11(14(22)23-16(4,5)6)12(19)17-8-9(18)7-10(17)13(20)21/h9-11,18H,7-8H2,1-6H3,(H,20,21)/t9-,10+,11+/m1/s1. The first kappa shape index (κ1) is 19.4. The fourth-order valence-corrected chi connectivity index (χ4v) is 2.64. The van der Waals surface area contributed by atoms with Gasteiger partial charge in [-0.15, -0.1) is 0 Å². The van der Waals surface area contributed by atoms with Crippen molar-refractivity contribution in [3.8, 4) is 0 Å². The zero-order chi connectivity index (χ0) is 18.2. The predicted molar refractivity (Wildman–Crippen MR) is 82.6 cm³/mol. The molecule has 1 saturated heterocycles. The lowest BCUT2D eigenvalue weighted by atomic mass is 9.79. The van der Waals surface area contributed by atoms with Crippen LogP contribution in [0.1, 0.15) is 48.0 Å². The van der Waals surface area contributed by atoms with Crippen LogP contribution in [0, 0.1) is 11.3 Å². The van der Waals surface area contributed by atoms with Gasteiger partial charge in [-0.1, -0.05) is 20.8 Å². The van der Waals surface area contributed by atoms with E-state index < -0.39 is 46.9 Å². The van der Waals surface area contributed by atoms with Crippen LogP contribution in [0.15, 0.2) is 0 Å². The number of hydrogen-bond acceptors (Lipinski definition) is 5. The second-order valence-corrected chi connectivity index (χ2v) is 8.07. The third-order valence-electron chi connectivity index (χ3n) is 3.60. The summed E-state index contributed by atoms with van der Waals surface area (Å²) in [5.74, 6) is -3.61. The van der Waals surface area contributed by atoms with Crippen LogP contribution in [-0.4, -0.2) is 57.3 Å². The van der Waals surface area contributed by atoms with Crippen molar-refractivity contribution in [1.82, 2.24) is 4.90 Å². The molecule has 0 radical (unpaired) electrons. The van der Waals surface area contributed by atoms with Crippen molar-refractivity contribution in [3.63, 3.8) is 0 Å². The zero-order valence-electron chi connectivity index (χ0n) is 14.6. The molecule has 23 heavy (non-hydrogen) atoms. The van der Waals surface area contributed by atoms with E-state index in [1.165, 1.54) is 0 Å². The molecular formula is C16H27NO6. The molecule has 0 spiro atoms. The number of carbonyl (C=O) groups excluding carboxylic acids is 2. The van der Waals surface area contributed by atoms with Gasteiger partial charge in [0.1, 0.15) is 17.6 Å². The van der Waals surface area contributed by atoms with Crippen molar-refractivity contribution in [2.75, 3.05) is 6.54 Å². The summed E-state index contributed by atoms with van der Waals surface area (Å²) in [4.78, 5) is 37.7. The Morgan fingerprint density at radius 3 is 2.04 bits per heavy atom. The molecular weight excluding hydrogens is 302 g/mol. The topological polar surface area (TPSA) is 104 Å². The molecule has 1 aliphatic rings. The van der Waals surface area contributed by atoms with Crippen LogP contribution in [-0.2, 0) is 19.1 Å². The van der Waals surface area contributed by atoms with Gasteiger partial charge in [-0.05, 0) is 26.2 Å². The number of ether oxygens (including phenoxy) is 1. The molecule has 1 fully saturated rings. The van der Waals surface area contributed by atoms with Gasteiger partial charge >= 0.3 is 11.9 Å². The molecule has 0 aromatic carbocycles. The lowest BCUT2D eigenvalue weighted by Gasteiger charge is -2.34. The summed E-state index contributed by atoms with van der Waals surface area (Å²) in [5.41, 5.74) is -1.49. The highest BCUT2D eigenvalue weighted by molar-refractivity contribution is 6.00. The van der Waals surface area contributed by atoms with Crippen LogP contribution >= 0.6 is 0 Å². The van der Waals surface area contributed by atoms with E-state index in [-0.39, 0.29) is 13.0 Å². The van der Waals surface area contributed by atoms with Crippen molar-refractivity contribution in [3.05, 3.63) is 0 Å². The first-order valence-corrected chi connectivity index (χ1v) is 7.68. The van der Waals surface area contributed by atoms with Gasteiger partial charge in [0.05, 0.1) is 6.10 Å². The van der Waals surface area contributed by atoms with Crippen LogP contribution in [0.2, 0.25) is 0 Å². The third-order valence-corrected chi connectivity index (χ3v) is 3.60.